The van der Waals surface area contributed by atoms with Crippen LogP contribution in [0.4, 0.5) is 21.4 Å². The van der Waals surface area contributed by atoms with E-state index in [1.165, 1.54) is 20.5 Å². The summed E-state index contributed by atoms with van der Waals surface area (Å²) in [6, 6.07) is -1.81. The van der Waals surface area contributed by atoms with Crippen molar-refractivity contribution in [1.82, 2.24) is 45.4 Å². The fourth-order valence-corrected chi connectivity index (χ4v) is 6.16. The summed E-state index contributed by atoms with van der Waals surface area (Å²) in [5, 5.41) is 8.38. The summed E-state index contributed by atoms with van der Waals surface area (Å²) in [6.07, 6.45) is 6.47. The summed E-state index contributed by atoms with van der Waals surface area (Å²) in [7, 11) is 2.53. The van der Waals surface area contributed by atoms with Gasteiger partial charge in [-0.05, 0) is 37.5 Å². The van der Waals surface area contributed by atoms with Crippen LogP contribution in [0.15, 0.2) is 23.1 Å². The number of amides is 4. The first-order chi connectivity index (χ1) is 23.0. The molecule has 0 aliphatic carbocycles. The fourth-order valence-electron chi connectivity index (χ4n) is 6.16. The maximum Gasteiger partial charge on any atom is 0.407 e. The van der Waals surface area contributed by atoms with Crippen LogP contribution in [-0.4, -0.2) is 98.1 Å². The molecular formula is C31H44N10O7. The van der Waals surface area contributed by atoms with Crippen molar-refractivity contribution in [1.29, 1.82) is 0 Å². The number of methoxy groups -OCH3 is 2. The number of hydrogen-bond acceptors (Lipinski definition) is 11. The number of likely N-dealkylation sites (tertiary alicyclic amines) is 2. The van der Waals surface area contributed by atoms with E-state index in [0.29, 0.717) is 41.9 Å². The fraction of sp³-hybridized carbons (Fsp3) is 0.581. The molecule has 5 N–H and O–H groups in total. The van der Waals surface area contributed by atoms with E-state index in [-0.39, 0.29) is 41.7 Å². The van der Waals surface area contributed by atoms with Gasteiger partial charge < -0.3 is 44.3 Å². The third-order valence-corrected chi connectivity index (χ3v) is 8.70. The monoisotopic (exact) mass is 668 g/mol. The van der Waals surface area contributed by atoms with Gasteiger partial charge in [-0.2, -0.15) is 4.98 Å². The van der Waals surface area contributed by atoms with E-state index in [0.717, 1.165) is 25.7 Å². The summed E-state index contributed by atoms with van der Waals surface area (Å²) < 4.78 is 15.1. The lowest BCUT2D eigenvalue weighted by Gasteiger charge is -2.29. The molecular weight excluding hydrogens is 624 g/mol. The standard InChI is InChI=1S/C31H44N10O7/c1-16(2)23(38-30(44)46-5)27(42)40-11-7-9-20(40)25-32-13-18(34-25)19-15-48-29(35-19)37-22-14-33-26(36-22)21-10-8-12-41(21)28(43)24(17(3)4)39-31(45)47-6/h13-17,20-21,23-24H,7-12H2,1-6H3,(H,32,34)(H,33,36)(H,35,37)(H,38,44)(H,39,45). The molecule has 2 aliphatic heterocycles. The lowest BCUT2D eigenvalue weighted by Crippen LogP contribution is -2.51. The average Bonchev–Trinajstić information content (AvgIpc) is 3.90. The molecule has 3 aromatic heterocycles. The number of alkyl carbamates (subject to hydrolysis) is 2. The van der Waals surface area contributed by atoms with Crippen LogP contribution in [-0.2, 0) is 19.1 Å². The summed E-state index contributed by atoms with van der Waals surface area (Å²) in [5.41, 5.74) is 1.12. The van der Waals surface area contributed by atoms with Crippen LogP contribution >= 0.6 is 0 Å². The number of nitrogens with one attached hydrogen (secondary N) is 5. The highest BCUT2D eigenvalue weighted by Crippen LogP contribution is 2.34. The Kier molecular flexibility index (Phi) is 10.5. The Morgan fingerprint density at radius 1 is 0.833 bits per heavy atom. The summed E-state index contributed by atoms with van der Waals surface area (Å²) in [6.45, 7) is 8.57. The van der Waals surface area contributed by atoms with E-state index >= 15 is 0 Å². The second-order valence-electron chi connectivity index (χ2n) is 12.6. The molecule has 0 aromatic carbocycles. The molecule has 2 fully saturated rings. The van der Waals surface area contributed by atoms with Crippen LogP contribution in [0, 0.1) is 11.8 Å². The zero-order valence-electron chi connectivity index (χ0n) is 28.0. The van der Waals surface area contributed by atoms with Crippen LogP contribution in [0.25, 0.3) is 11.4 Å². The maximum absolute atomic E-state index is 13.5. The van der Waals surface area contributed by atoms with Gasteiger partial charge in [-0.15, -0.1) is 0 Å². The second kappa shape index (κ2) is 14.8. The summed E-state index contributed by atoms with van der Waals surface area (Å²) in [4.78, 5) is 74.2. The highest BCUT2D eigenvalue weighted by atomic mass is 16.5. The third-order valence-electron chi connectivity index (χ3n) is 8.70. The van der Waals surface area contributed by atoms with Crippen LogP contribution in [0.3, 0.4) is 0 Å². The number of imidazole rings is 2. The number of rotatable bonds is 11. The van der Waals surface area contributed by atoms with E-state index in [1.54, 1.807) is 22.2 Å². The van der Waals surface area contributed by atoms with Gasteiger partial charge in [0.25, 0.3) is 0 Å². The first kappa shape index (κ1) is 34.3. The largest absolute Gasteiger partial charge is 0.453 e. The van der Waals surface area contributed by atoms with Gasteiger partial charge in [0.05, 0.1) is 44.4 Å². The third kappa shape index (κ3) is 7.39. The predicted octanol–water partition coefficient (Wildman–Crippen LogP) is 3.62. The normalized spacial score (nSPS) is 19.0. The van der Waals surface area contributed by atoms with Crippen molar-refractivity contribution in [3.05, 3.63) is 30.3 Å². The Balaban J connectivity index is 1.24. The number of aromatic nitrogens is 5. The summed E-state index contributed by atoms with van der Waals surface area (Å²) >= 11 is 0. The van der Waals surface area contributed by atoms with Gasteiger partial charge in [-0.3, -0.25) is 14.9 Å². The molecule has 2 aliphatic rings. The first-order valence-corrected chi connectivity index (χ1v) is 16.1. The molecule has 0 spiro atoms. The molecule has 4 atom stereocenters. The zero-order chi connectivity index (χ0) is 34.5. The molecule has 4 unspecified atom stereocenters. The minimum absolute atomic E-state index is 0.135. The number of H-pyrrole nitrogens is 2. The Labute approximate surface area is 277 Å². The van der Waals surface area contributed by atoms with E-state index in [4.69, 9.17) is 13.9 Å². The van der Waals surface area contributed by atoms with Gasteiger partial charge in [0.2, 0.25) is 11.8 Å². The van der Waals surface area contributed by atoms with Crippen molar-refractivity contribution >= 4 is 35.8 Å². The number of aromatic amines is 2. The van der Waals surface area contributed by atoms with E-state index in [9.17, 15) is 19.2 Å². The number of carbonyl (C=O) groups excluding carboxylic acids is 4. The highest BCUT2D eigenvalue weighted by molar-refractivity contribution is 5.87. The SMILES string of the molecule is COC(=O)NC(C(=O)N1CCCC1c1ncc(Nc2nc(-c3cnc(C4CCCN4C(=O)C(NC(=O)OC)C(C)C)[nH]3)co2)[nH]1)C(C)C. The molecule has 48 heavy (non-hydrogen) atoms. The Morgan fingerprint density at radius 3 is 1.88 bits per heavy atom. The topological polar surface area (TPSA) is 213 Å². The molecule has 17 heteroatoms. The number of ether oxygens (including phenoxy) is 2. The van der Waals surface area contributed by atoms with Crippen molar-refractivity contribution in [2.24, 2.45) is 11.8 Å². The predicted molar refractivity (Wildman–Crippen MR) is 172 cm³/mol. The molecule has 2 saturated heterocycles. The Hall–Kier alpha value is -5.09. The maximum atomic E-state index is 13.5. The van der Waals surface area contributed by atoms with Crippen molar-refractivity contribution in [3.8, 4) is 11.4 Å². The van der Waals surface area contributed by atoms with Crippen LogP contribution in [0.2, 0.25) is 0 Å². The second-order valence-corrected chi connectivity index (χ2v) is 12.6. The van der Waals surface area contributed by atoms with Crippen LogP contribution in [0.5, 0.6) is 0 Å². The first-order valence-electron chi connectivity index (χ1n) is 16.1. The van der Waals surface area contributed by atoms with Gasteiger partial charge in [0.1, 0.15) is 41.5 Å². The zero-order valence-corrected chi connectivity index (χ0v) is 28.0. The molecule has 0 radical (unpaired) electrons. The van der Waals surface area contributed by atoms with Gasteiger partial charge >= 0.3 is 18.2 Å². The lowest BCUT2D eigenvalue weighted by molar-refractivity contribution is -0.136. The molecule has 4 amide bonds. The average molecular weight is 669 g/mol. The minimum atomic E-state index is -0.725. The number of oxazole rings is 1. The number of nitrogens with zero attached hydrogens (tertiary/aromatic N) is 5. The van der Waals surface area contributed by atoms with Crippen LogP contribution < -0.4 is 16.0 Å². The van der Waals surface area contributed by atoms with Crippen LogP contribution in [0.1, 0.15) is 77.1 Å². The van der Waals surface area contributed by atoms with Crippen molar-refractivity contribution in [2.75, 3.05) is 32.6 Å². The lowest BCUT2D eigenvalue weighted by atomic mass is 10.0. The molecule has 260 valence electrons. The minimum Gasteiger partial charge on any atom is -0.453 e. The van der Waals surface area contributed by atoms with E-state index in [2.05, 4.69) is 40.9 Å². The van der Waals surface area contributed by atoms with Gasteiger partial charge in [0, 0.05) is 13.1 Å². The molecule has 5 heterocycles. The molecule has 17 nitrogen and oxygen atoms in total. The van der Waals surface area contributed by atoms with E-state index < -0.39 is 24.3 Å². The molecule has 3 aromatic rings. The highest BCUT2D eigenvalue weighted by Gasteiger charge is 2.39. The van der Waals surface area contributed by atoms with Crippen molar-refractivity contribution in [3.63, 3.8) is 0 Å². The van der Waals surface area contributed by atoms with E-state index in [1.807, 2.05) is 27.7 Å². The summed E-state index contributed by atoms with van der Waals surface area (Å²) in [5.74, 6) is 1.09. The van der Waals surface area contributed by atoms with Crippen molar-refractivity contribution in [2.45, 2.75) is 77.5 Å². The number of anilines is 2. The number of carbonyl (C=O) groups is 4. The van der Waals surface area contributed by atoms with Gasteiger partial charge in [-0.1, -0.05) is 27.7 Å². The molecule has 0 bridgehead atoms. The molecule has 0 saturated carbocycles. The van der Waals surface area contributed by atoms with Gasteiger partial charge in [-0.25, -0.2) is 19.6 Å². The Morgan fingerprint density at radius 2 is 1.35 bits per heavy atom. The smallest absolute Gasteiger partial charge is 0.407 e. The Bertz CT molecular complexity index is 1600. The quantitative estimate of drug-likeness (QED) is 0.199. The molecule has 5 rings (SSSR count). The number of hydrogen-bond donors (Lipinski definition) is 5. The van der Waals surface area contributed by atoms with Crippen molar-refractivity contribution < 1.29 is 33.1 Å². The van der Waals surface area contributed by atoms with Gasteiger partial charge in [0.15, 0.2) is 0 Å².